The highest BCUT2D eigenvalue weighted by molar-refractivity contribution is 5.92. The Morgan fingerprint density at radius 2 is 1.86 bits per heavy atom. The molecule has 0 saturated heterocycles. The highest BCUT2D eigenvalue weighted by atomic mass is 19.1. The molecule has 1 amide bonds. The molecule has 0 spiro atoms. The minimum Gasteiger partial charge on any atom is -0.348 e. The van der Waals surface area contributed by atoms with Crippen molar-refractivity contribution in [1.82, 2.24) is 5.32 Å². The van der Waals surface area contributed by atoms with Crippen LogP contribution in [-0.2, 0) is 11.3 Å². The molecule has 0 aliphatic carbocycles. The van der Waals surface area contributed by atoms with Gasteiger partial charge < -0.3 is 5.32 Å². The average Bonchev–Trinajstić information content (AvgIpc) is 2.52. The fraction of sp³-hybridized carbons (Fsp3) is 0.0625. The number of nitro groups is 1. The second-order valence-corrected chi connectivity index (χ2v) is 4.49. The summed E-state index contributed by atoms with van der Waals surface area (Å²) in [6.07, 6.45) is 2.62. The summed E-state index contributed by atoms with van der Waals surface area (Å²) < 4.78 is 12.7. The second-order valence-electron chi connectivity index (χ2n) is 4.49. The number of hydrogen-bond acceptors (Lipinski definition) is 3. The molecule has 0 bridgehead atoms. The van der Waals surface area contributed by atoms with E-state index in [1.165, 1.54) is 30.4 Å². The van der Waals surface area contributed by atoms with Gasteiger partial charge in [0.25, 0.3) is 5.69 Å². The Kier molecular flexibility index (Phi) is 4.98. The summed E-state index contributed by atoms with van der Waals surface area (Å²) >= 11 is 0. The molecule has 0 saturated carbocycles. The maximum Gasteiger partial charge on any atom is 0.276 e. The highest BCUT2D eigenvalue weighted by Crippen LogP contribution is 2.18. The number of benzene rings is 2. The minimum atomic E-state index is -0.504. The molecule has 0 aliphatic heterocycles. The predicted octanol–water partition coefficient (Wildman–Crippen LogP) is 3.06. The van der Waals surface area contributed by atoms with Crippen LogP contribution in [0.2, 0.25) is 0 Å². The Bertz CT molecular complexity index is 712. The number of nitro benzene ring substituents is 1. The monoisotopic (exact) mass is 300 g/mol. The van der Waals surface area contributed by atoms with Gasteiger partial charge in [0.05, 0.1) is 10.5 Å². The summed E-state index contributed by atoms with van der Waals surface area (Å²) in [5, 5.41) is 13.5. The summed E-state index contributed by atoms with van der Waals surface area (Å²) in [6.45, 7) is 0.250. The quantitative estimate of drug-likeness (QED) is 0.524. The van der Waals surface area contributed by atoms with Crippen LogP contribution in [0.5, 0.6) is 0 Å². The van der Waals surface area contributed by atoms with Gasteiger partial charge in [0.15, 0.2) is 0 Å². The Morgan fingerprint density at radius 3 is 2.55 bits per heavy atom. The number of para-hydroxylation sites is 1. The topological polar surface area (TPSA) is 72.2 Å². The molecule has 5 nitrogen and oxygen atoms in total. The highest BCUT2D eigenvalue weighted by Gasteiger charge is 2.09. The molecule has 0 heterocycles. The van der Waals surface area contributed by atoms with Gasteiger partial charge in [-0.3, -0.25) is 14.9 Å². The van der Waals surface area contributed by atoms with Crippen molar-refractivity contribution in [3.63, 3.8) is 0 Å². The van der Waals surface area contributed by atoms with Crippen molar-refractivity contribution in [2.45, 2.75) is 6.54 Å². The Labute approximate surface area is 126 Å². The summed E-state index contributed by atoms with van der Waals surface area (Å²) in [5.74, 6) is -0.728. The molecule has 112 valence electrons. The molecule has 0 atom stereocenters. The number of carbonyl (C=O) groups excluding carboxylic acids is 1. The lowest BCUT2D eigenvalue weighted by Gasteiger charge is -2.02. The van der Waals surface area contributed by atoms with Gasteiger partial charge in [-0.2, -0.15) is 0 Å². The summed E-state index contributed by atoms with van der Waals surface area (Å²) in [4.78, 5) is 22.0. The number of nitrogens with one attached hydrogen (secondary N) is 1. The predicted molar refractivity (Wildman–Crippen MR) is 80.4 cm³/mol. The summed E-state index contributed by atoms with van der Waals surface area (Å²) in [6, 6.07) is 11.9. The van der Waals surface area contributed by atoms with Crippen LogP contribution < -0.4 is 5.32 Å². The molecule has 6 heteroatoms. The molecular formula is C16H13FN2O3. The Hall–Kier alpha value is -3.02. The lowest BCUT2D eigenvalue weighted by molar-refractivity contribution is -0.385. The van der Waals surface area contributed by atoms with E-state index in [1.807, 2.05) is 0 Å². The molecule has 2 rings (SSSR count). The average molecular weight is 300 g/mol. The van der Waals surface area contributed by atoms with Crippen LogP contribution in [0.3, 0.4) is 0 Å². The molecule has 0 radical (unpaired) electrons. The van der Waals surface area contributed by atoms with Crippen LogP contribution >= 0.6 is 0 Å². The van der Waals surface area contributed by atoms with Gasteiger partial charge in [-0.1, -0.05) is 24.3 Å². The standard InChI is InChI=1S/C16H13FN2O3/c17-14-8-5-12(6-9-14)11-18-16(20)10-7-13-3-1-2-4-15(13)19(21)22/h1-10H,11H2,(H,18,20). The molecule has 22 heavy (non-hydrogen) atoms. The number of rotatable bonds is 5. The van der Waals surface area contributed by atoms with Crippen LogP contribution in [0.25, 0.3) is 6.08 Å². The van der Waals surface area contributed by atoms with Crippen LogP contribution in [0.1, 0.15) is 11.1 Å². The van der Waals surface area contributed by atoms with Gasteiger partial charge in [-0.25, -0.2) is 4.39 Å². The van der Waals surface area contributed by atoms with Gasteiger partial charge in [0, 0.05) is 18.7 Å². The number of nitrogens with zero attached hydrogens (tertiary/aromatic N) is 1. The maximum absolute atomic E-state index is 12.7. The lowest BCUT2D eigenvalue weighted by atomic mass is 10.1. The summed E-state index contributed by atoms with van der Waals surface area (Å²) in [5.41, 5.74) is 1.04. The first-order valence-electron chi connectivity index (χ1n) is 6.50. The fourth-order valence-electron chi connectivity index (χ4n) is 1.81. The van der Waals surface area contributed by atoms with Crippen molar-refractivity contribution < 1.29 is 14.1 Å². The third-order valence-electron chi connectivity index (χ3n) is 2.93. The first-order valence-corrected chi connectivity index (χ1v) is 6.50. The summed E-state index contributed by atoms with van der Waals surface area (Å²) in [7, 11) is 0. The molecule has 2 aromatic carbocycles. The third-order valence-corrected chi connectivity index (χ3v) is 2.93. The van der Waals surface area contributed by atoms with E-state index in [1.54, 1.807) is 30.3 Å². The van der Waals surface area contributed by atoms with E-state index < -0.39 is 4.92 Å². The van der Waals surface area contributed by atoms with E-state index in [4.69, 9.17) is 0 Å². The van der Waals surface area contributed by atoms with Crippen molar-refractivity contribution in [2.75, 3.05) is 0 Å². The Balaban J connectivity index is 1.97. The molecule has 2 aromatic rings. The number of halogens is 1. The van der Waals surface area contributed by atoms with Gasteiger partial charge in [-0.15, -0.1) is 0 Å². The number of hydrogen-bond donors (Lipinski definition) is 1. The first kappa shape index (κ1) is 15.4. The Morgan fingerprint density at radius 1 is 1.18 bits per heavy atom. The van der Waals surface area contributed by atoms with Gasteiger partial charge in [0.2, 0.25) is 5.91 Å². The van der Waals surface area contributed by atoms with E-state index in [9.17, 15) is 19.3 Å². The fourth-order valence-corrected chi connectivity index (χ4v) is 1.81. The van der Waals surface area contributed by atoms with Crippen LogP contribution in [0.4, 0.5) is 10.1 Å². The van der Waals surface area contributed by atoms with E-state index in [2.05, 4.69) is 5.32 Å². The van der Waals surface area contributed by atoms with Crippen LogP contribution in [-0.4, -0.2) is 10.8 Å². The zero-order chi connectivity index (χ0) is 15.9. The molecule has 0 unspecified atom stereocenters. The number of carbonyl (C=O) groups is 1. The van der Waals surface area contributed by atoms with Gasteiger partial charge in [-0.05, 0) is 29.8 Å². The second kappa shape index (κ2) is 7.12. The van der Waals surface area contributed by atoms with Crippen LogP contribution in [0, 0.1) is 15.9 Å². The van der Waals surface area contributed by atoms with Crippen molar-refractivity contribution >= 4 is 17.7 Å². The zero-order valence-electron chi connectivity index (χ0n) is 11.5. The molecule has 1 N–H and O–H groups in total. The van der Waals surface area contributed by atoms with Crippen LogP contribution in [0.15, 0.2) is 54.6 Å². The third kappa shape index (κ3) is 4.24. The smallest absolute Gasteiger partial charge is 0.276 e. The van der Waals surface area contributed by atoms with E-state index in [0.717, 1.165) is 5.56 Å². The van der Waals surface area contributed by atoms with Gasteiger partial charge >= 0.3 is 0 Å². The molecular weight excluding hydrogens is 287 g/mol. The van der Waals surface area contributed by atoms with E-state index >= 15 is 0 Å². The minimum absolute atomic E-state index is 0.0647. The number of amides is 1. The molecule has 0 aliphatic rings. The van der Waals surface area contributed by atoms with Crippen molar-refractivity contribution in [3.05, 3.63) is 81.7 Å². The molecule has 0 aromatic heterocycles. The first-order chi connectivity index (χ1) is 10.6. The van der Waals surface area contributed by atoms with E-state index in [0.29, 0.717) is 5.56 Å². The zero-order valence-corrected chi connectivity index (χ0v) is 11.5. The van der Waals surface area contributed by atoms with Crippen molar-refractivity contribution in [3.8, 4) is 0 Å². The normalized spacial score (nSPS) is 10.6. The lowest BCUT2D eigenvalue weighted by Crippen LogP contribution is -2.20. The van der Waals surface area contributed by atoms with Crippen molar-refractivity contribution in [1.29, 1.82) is 0 Å². The SMILES string of the molecule is O=C(C=Cc1ccccc1[N+](=O)[O-])NCc1ccc(F)cc1. The largest absolute Gasteiger partial charge is 0.348 e. The van der Waals surface area contributed by atoms with Gasteiger partial charge in [0.1, 0.15) is 5.82 Å². The maximum atomic E-state index is 12.7. The van der Waals surface area contributed by atoms with Crippen molar-refractivity contribution in [2.24, 2.45) is 0 Å². The van der Waals surface area contributed by atoms with E-state index in [-0.39, 0.29) is 24.0 Å². The molecule has 0 fully saturated rings.